The van der Waals surface area contributed by atoms with Gasteiger partial charge in [-0.2, -0.15) is 0 Å². The Morgan fingerprint density at radius 3 is 3.00 bits per heavy atom. The average Bonchev–Trinajstić information content (AvgIpc) is 2.86. The summed E-state index contributed by atoms with van der Waals surface area (Å²) >= 11 is 7.51. The zero-order valence-corrected chi connectivity index (χ0v) is 12.8. The normalized spacial score (nSPS) is 22.5. The summed E-state index contributed by atoms with van der Waals surface area (Å²) in [6.45, 7) is 6.96. The van der Waals surface area contributed by atoms with E-state index in [-0.39, 0.29) is 0 Å². The molecule has 0 N–H and O–H groups in total. The molecule has 1 fully saturated rings. The molecule has 0 spiro atoms. The molecule has 0 amide bonds. The first-order valence-electron chi connectivity index (χ1n) is 6.64. The highest BCUT2D eigenvalue weighted by Crippen LogP contribution is 2.15. The zero-order chi connectivity index (χ0) is 13.0. The van der Waals surface area contributed by atoms with Gasteiger partial charge in [0.25, 0.3) is 0 Å². The molecule has 18 heavy (non-hydrogen) atoms. The predicted molar refractivity (Wildman–Crippen MR) is 78.5 cm³/mol. The van der Waals surface area contributed by atoms with Gasteiger partial charge in [-0.05, 0) is 13.5 Å². The Kier molecular flexibility index (Phi) is 5.42. The van der Waals surface area contributed by atoms with Gasteiger partial charge in [0.05, 0.1) is 16.6 Å². The highest BCUT2D eigenvalue weighted by Gasteiger charge is 2.22. The number of hydrogen-bond acceptors (Lipinski definition) is 4. The van der Waals surface area contributed by atoms with Gasteiger partial charge in [0.15, 0.2) is 0 Å². The molecule has 1 aliphatic heterocycles. The minimum atomic E-state index is 0.531. The van der Waals surface area contributed by atoms with Gasteiger partial charge in [-0.1, -0.05) is 6.92 Å². The van der Waals surface area contributed by atoms with Crippen molar-refractivity contribution in [3.8, 4) is 0 Å². The van der Waals surface area contributed by atoms with Crippen LogP contribution in [0.3, 0.4) is 0 Å². The Morgan fingerprint density at radius 2 is 2.33 bits per heavy atom. The second-order valence-electron chi connectivity index (χ2n) is 4.96. The van der Waals surface area contributed by atoms with Crippen molar-refractivity contribution in [2.24, 2.45) is 0 Å². The molecule has 1 aromatic rings. The van der Waals surface area contributed by atoms with Crippen molar-refractivity contribution in [2.45, 2.75) is 31.7 Å². The van der Waals surface area contributed by atoms with E-state index in [2.05, 4.69) is 34.1 Å². The van der Waals surface area contributed by atoms with Crippen molar-refractivity contribution >= 4 is 22.9 Å². The van der Waals surface area contributed by atoms with Crippen LogP contribution in [0.1, 0.15) is 24.0 Å². The van der Waals surface area contributed by atoms with Crippen molar-refractivity contribution in [1.29, 1.82) is 0 Å². The molecule has 0 aromatic carbocycles. The van der Waals surface area contributed by atoms with E-state index in [0.29, 0.717) is 11.9 Å². The van der Waals surface area contributed by atoms with E-state index < -0.39 is 0 Å². The molecule has 3 nitrogen and oxygen atoms in total. The van der Waals surface area contributed by atoms with Gasteiger partial charge < -0.3 is 9.80 Å². The molecule has 1 atom stereocenters. The van der Waals surface area contributed by atoms with E-state index in [4.69, 9.17) is 11.6 Å². The van der Waals surface area contributed by atoms with Crippen molar-refractivity contribution in [2.75, 3.05) is 33.2 Å². The number of rotatable bonds is 5. The standard InChI is InChI=1S/C13H22ClN3S/c1-3-12-9-17(7-6-16(12)2)5-4-13-15-11(8-14)10-18-13/h10,12H,3-9H2,1-2H3. The lowest BCUT2D eigenvalue weighted by molar-refractivity contribution is 0.0941. The lowest BCUT2D eigenvalue weighted by Gasteiger charge is -2.39. The van der Waals surface area contributed by atoms with Crippen LogP contribution >= 0.6 is 22.9 Å². The monoisotopic (exact) mass is 287 g/mol. The lowest BCUT2D eigenvalue weighted by atomic mass is 10.1. The summed E-state index contributed by atoms with van der Waals surface area (Å²) in [6.07, 6.45) is 2.29. The van der Waals surface area contributed by atoms with Crippen molar-refractivity contribution in [1.82, 2.24) is 14.8 Å². The number of thiazole rings is 1. The maximum Gasteiger partial charge on any atom is 0.0941 e. The lowest BCUT2D eigenvalue weighted by Crippen LogP contribution is -2.51. The number of nitrogens with zero attached hydrogens (tertiary/aromatic N) is 3. The molecule has 1 unspecified atom stereocenters. The minimum Gasteiger partial charge on any atom is -0.301 e. The van der Waals surface area contributed by atoms with Gasteiger partial charge in [-0.3, -0.25) is 0 Å². The summed E-state index contributed by atoms with van der Waals surface area (Å²) in [5.74, 6) is 0.531. The van der Waals surface area contributed by atoms with Crippen LogP contribution in [-0.2, 0) is 12.3 Å². The second-order valence-corrected chi connectivity index (χ2v) is 6.17. The molecule has 0 bridgehead atoms. The first-order valence-corrected chi connectivity index (χ1v) is 8.06. The SMILES string of the molecule is CCC1CN(CCc2nc(CCl)cs2)CCN1C. The summed E-state index contributed by atoms with van der Waals surface area (Å²) in [4.78, 5) is 9.56. The third-order valence-electron chi connectivity index (χ3n) is 3.71. The number of piperazine rings is 1. The molecule has 0 radical (unpaired) electrons. The highest BCUT2D eigenvalue weighted by molar-refractivity contribution is 7.09. The summed E-state index contributed by atoms with van der Waals surface area (Å²) in [5.41, 5.74) is 1.02. The zero-order valence-electron chi connectivity index (χ0n) is 11.2. The molecule has 2 rings (SSSR count). The fourth-order valence-electron chi connectivity index (χ4n) is 2.43. The Balaban J connectivity index is 1.79. The fourth-order valence-corrected chi connectivity index (χ4v) is 3.45. The minimum absolute atomic E-state index is 0.531. The summed E-state index contributed by atoms with van der Waals surface area (Å²) in [7, 11) is 2.24. The number of aromatic nitrogens is 1. The van der Waals surface area contributed by atoms with E-state index in [1.165, 1.54) is 31.1 Å². The van der Waals surface area contributed by atoms with Crippen molar-refractivity contribution in [3.63, 3.8) is 0 Å². The Bertz CT molecular complexity index is 369. The molecule has 5 heteroatoms. The molecule has 0 saturated carbocycles. The van der Waals surface area contributed by atoms with Crippen LogP contribution in [0.2, 0.25) is 0 Å². The van der Waals surface area contributed by atoms with Crippen LogP contribution in [0.5, 0.6) is 0 Å². The van der Waals surface area contributed by atoms with Crippen LogP contribution in [-0.4, -0.2) is 54.1 Å². The summed E-state index contributed by atoms with van der Waals surface area (Å²) in [5, 5.41) is 3.29. The molecule has 102 valence electrons. The third-order valence-corrected chi connectivity index (χ3v) is 4.94. The van der Waals surface area contributed by atoms with Crippen LogP contribution in [0.25, 0.3) is 0 Å². The van der Waals surface area contributed by atoms with Gasteiger partial charge in [0.2, 0.25) is 0 Å². The number of likely N-dealkylation sites (N-methyl/N-ethyl adjacent to an activating group) is 1. The fraction of sp³-hybridized carbons (Fsp3) is 0.769. The van der Waals surface area contributed by atoms with E-state index in [1.54, 1.807) is 11.3 Å². The van der Waals surface area contributed by atoms with Gasteiger partial charge in [-0.15, -0.1) is 22.9 Å². The average molecular weight is 288 g/mol. The van der Waals surface area contributed by atoms with Crippen LogP contribution in [0, 0.1) is 0 Å². The molecule has 1 saturated heterocycles. The van der Waals surface area contributed by atoms with Gasteiger partial charge in [-0.25, -0.2) is 4.98 Å². The van der Waals surface area contributed by atoms with Gasteiger partial charge in [0.1, 0.15) is 0 Å². The van der Waals surface area contributed by atoms with Crippen molar-refractivity contribution in [3.05, 3.63) is 16.1 Å². The maximum atomic E-state index is 5.77. The Hall–Kier alpha value is -0.160. The smallest absolute Gasteiger partial charge is 0.0941 e. The summed E-state index contributed by atoms with van der Waals surface area (Å²) in [6, 6.07) is 0.716. The largest absolute Gasteiger partial charge is 0.301 e. The maximum absolute atomic E-state index is 5.77. The number of hydrogen-bond donors (Lipinski definition) is 0. The predicted octanol–water partition coefficient (Wildman–Crippen LogP) is 2.45. The molecule has 0 aliphatic carbocycles. The molecule has 2 heterocycles. The summed E-state index contributed by atoms with van der Waals surface area (Å²) < 4.78 is 0. The number of alkyl halides is 1. The Labute approximate surface area is 119 Å². The van der Waals surface area contributed by atoms with Crippen LogP contribution in [0.4, 0.5) is 0 Å². The molecular formula is C13H22ClN3S. The van der Waals surface area contributed by atoms with Crippen LogP contribution in [0.15, 0.2) is 5.38 Å². The van der Waals surface area contributed by atoms with E-state index in [9.17, 15) is 0 Å². The molecular weight excluding hydrogens is 266 g/mol. The third kappa shape index (κ3) is 3.67. The van der Waals surface area contributed by atoms with Crippen LogP contribution < -0.4 is 0 Å². The molecule has 1 aliphatic rings. The van der Waals surface area contributed by atoms with Crippen molar-refractivity contribution < 1.29 is 0 Å². The van der Waals surface area contributed by atoms with E-state index >= 15 is 0 Å². The highest BCUT2D eigenvalue weighted by atomic mass is 35.5. The molecule has 1 aromatic heterocycles. The topological polar surface area (TPSA) is 19.4 Å². The first kappa shape index (κ1) is 14.3. The Morgan fingerprint density at radius 1 is 1.50 bits per heavy atom. The second kappa shape index (κ2) is 6.85. The first-order chi connectivity index (χ1) is 8.72. The van der Waals surface area contributed by atoms with Gasteiger partial charge >= 0.3 is 0 Å². The number of halogens is 1. The van der Waals surface area contributed by atoms with Gasteiger partial charge in [0, 0.05) is 44.0 Å². The van der Waals surface area contributed by atoms with E-state index in [1.807, 2.05) is 0 Å². The van der Waals surface area contributed by atoms with E-state index in [0.717, 1.165) is 18.7 Å². The quantitative estimate of drug-likeness (QED) is 0.776.